The second kappa shape index (κ2) is 14.1. The zero-order chi connectivity index (χ0) is 38.7. The molecule has 3 aliphatic rings. The SMILES string of the molecule is FC(F)(F)C1CCC(C(C2CCC(C(F)(F)F)C(C(F)(F)F)CC2)(C2CCC(C(F)(F)F)C(C(F)(F)F)CC2)C(F)(F)F)CCC1C(F)(F)F. The molecule has 3 rings (SSSR count). The van der Waals surface area contributed by atoms with E-state index in [0.29, 0.717) is 0 Å². The Balaban J connectivity index is 2.27. The maximum atomic E-state index is 15.8. The summed E-state index contributed by atoms with van der Waals surface area (Å²) in [6.07, 6.45) is -57.8. The van der Waals surface area contributed by atoms with E-state index in [1.54, 1.807) is 0 Å². The molecule has 0 spiro atoms. The number of alkyl halides is 21. The Morgan fingerprint density at radius 1 is 0.220 bits per heavy atom. The van der Waals surface area contributed by atoms with Crippen LogP contribution in [0.5, 0.6) is 0 Å². The lowest BCUT2D eigenvalue weighted by molar-refractivity contribution is -0.291. The molecule has 296 valence electrons. The van der Waals surface area contributed by atoms with Crippen molar-refractivity contribution in [2.24, 2.45) is 58.7 Å². The van der Waals surface area contributed by atoms with Gasteiger partial charge in [-0.3, -0.25) is 0 Å². The van der Waals surface area contributed by atoms with Crippen LogP contribution in [0.3, 0.4) is 0 Å². The van der Waals surface area contributed by atoms with Gasteiger partial charge in [0.15, 0.2) is 0 Å². The van der Waals surface area contributed by atoms with E-state index in [9.17, 15) is 79.0 Å². The van der Waals surface area contributed by atoms with Crippen LogP contribution in [0, 0.1) is 58.7 Å². The van der Waals surface area contributed by atoms with E-state index in [2.05, 4.69) is 0 Å². The molecule has 0 aliphatic heterocycles. The topological polar surface area (TPSA) is 0 Å². The minimum Gasteiger partial charge on any atom is -0.171 e. The van der Waals surface area contributed by atoms with Crippen LogP contribution in [0.2, 0.25) is 0 Å². The van der Waals surface area contributed by atoms with Crippen molar-refractivity contribution in [2.45, 2.75) is 120 Å². The quantitative estimate of drug-likeness (QED) is 0.198. The Kier molecular flexibility index (Phi) is 12.1. The maximum absolute atomic E-state index is 15.8. The summed E-state index contributed by atoms with van der Waals surface area (Å²) in [5.41, 5.74) is -3.82. The molecule has 3 fully saturated rings. The lowest BCUT2D eigenvalue weighted by Gasteiger charge is -2.52. The first-order valence-electron chi connectivity index (χ1n) is 15.7. The van der Waals surface area contributed by atoms with Gasteiger partial charge in [0.2, 0.25) is 0 Å². The smallest absolute Gasteiger partial charge is 0.171 e. The van der Waals surface area contributed by atoms with Gasteiger partial charge in [0.1, 0.15) is 0 Å². The maximum Gasteiger partial charge on any atom is 0.395 e. The summed E-state index contributed by atoms with van der Waals surface area (Å²) < 4.78 is 297. The molecule has 0 bridgehead atoms. The van der Waals surface area contributed by atoms with Crippen molar-refractivity contribution in [2.75, 3.05) is 0 Å². The van der Waals surface area contributed by atoms with Crippen molar-refractivity contribution >= 4 is 0 Å². The van der Waals surface area contributed by atoms with Crippen LogP contribution >= 0.6 is 0 Å². The van der Waals surface area contributed by atoms with E-state index in [1.165, 1.54) is 0 Å². The minimum absolute atomic E-state index is 1.37. The normalized spacial score (nSPS) is 35.1. The second-order valence-corrected chi connectivity index (χ2v) is 13.9. The minimum atomic E-state index is -5.91. The third-order valence-electron chi connectivity index (χ3n) is 11.5. The molecule has 0 aromatic rings. The van der Waals surface area contributed by atoms with E-state index in [-0.39, 0.29) is 0 Å². The molecule has 50 heavy (non-hydrogen) atoms. The molecule has 0 amide bonds. The Labute approximate surface area is 271 Å². The van der Waals surface area contributed by atoms with Gasteiger partial charge in [-0.25, -0.2) is 0 Å². The molecule has 0 aromatic heterocycles. The van der Waals surface area contributed by atoms with Crippen LogP contribution in [0.4, 0.5) is 92.2 Å². The molecule has 0 nitrogen and oxygen atoms in total. The van der Waals surface area contributed by atoms with Crippen LogP contribution in [0.15, 0.2) is 0 Å². The van der Waals surface area contributed by atoms with Gasteiger partial charge >= 0.3 is 43.2 Å². The van der Waals surface area contributed by atoms with Crippen molar-refractivity contribution in [3.05, 3.63) is 0 Å². The fourth-order valence-corrected chi connectivity index (χ4v) is 9.40. The number of hydrogen-bond acceptors (Lipinski definition) is 0. The lowest BCUT2D eigenvalue weighted by Crippen LogP contribution is -2.55. The fraction of sp³-hybridized carbons (Fsp3) is 1.00. The van der Waals surface area contributed by atoms with Gasteiger partial charge in [0.05, 0.1) is 40.9 Å². The fourth-order valence-electron chi connectivity index (χ4n) is 9.40. The molecule has 3 aliphatic carbocycles. The van der Waals surface area contributed by atoms with Gasteiger partial charge in [-0.1, -0.05) is 0 Å². The summed E-state index contributed by atoms with van der Waals surface area (Å²) in [6, 6.07) is 0. The molecule has 0 N–H and O–H groups in total. The highest BCUT2D eigenvalue weighted by Crippen LogP contribution is 2.66. The first-order chi connectivity index (χ1) is 22.2. The Bertz CT molecular complexity index is 903. The zero-order valence-electron chi connectivity index (χ0n) is 25.6. The van der Waals surface area contributed by atoms with E-state index in [4.69, 9.17) is 0 Å². The lowest BCUT2D eigenvalue weighted by atomic mass is 9.53. The molecule has 3 saturated carbocycles. The third kappa shape index (κ3) is 9.00. The Morgan fingerprint density at radius 3 is 0.460 bits per heavy atom. The Hall–Kier alpha value is -1.47. The average Bonchev–Trinajstić information content (AvgIpc) is 3.35. The van der Waals surface area contributed by atoms with Crippen LogP contribution in [-0.4, -0.2) is 43.2 Å². The molecule has 21 heteroatoms. The van der Waals surface area contributed by atoms with Gasteiger partial charge in [-0.05, 0) is 94.8 Å². The molecular weight excluding hydrogens is 747 g/mol. The van der Waals surface area contributed by atoms with E-state index in [0.717, 1.165) is 0 Å². The highest BCUT2D eigenvalue weighted by atomic mass is 19.4. The molecule has 6 atom stereocenters. The molecule has 0 saturated heterocycles. The Morgan fingerprint density at radius 2 is 0.360 bits per heavy atom. The van der Waals surface area contributed by atoms with Gasteiger partial charge in [-0.15, -0.1) is 0 Å². The number of hydrogen-bond donors (Lipinski definition) is 0. The largest absolute Gasteiger partial charge is 0.395 e. The van der Waals surface area contributed by atoms with Gasteiger partial charge in [-0.2, -0.15) is 92.2 Å². The predicted octanol–water partition coefficient (Wildman–Crippen LogP) is 13.2. The zero-order valence-corrected chi connectivity index (χ0v) is 25.6. The van der Waals surface area contributed by atoms with E-state index >= 15 is 13.2 Å². The monoisotopic (exact) mass is 780 g/mol. The molecule has 0 radical (unpaired) electrons. The molecule has 6 unspecified atom stereocenters. The van der Waals surface area contributed by atoms with Crippen molar-refractivity contribution < 1.29 is 92.2 Å². The van der Waals surface area contributed by atoms with Gasteiger partial charge in [0, 0.05) is 0 Å². The summed E-state index contributed by atoms with van der Waals surface area (Å²) in [5, 5.41) is 0. The third-order valence-corrected chi connectivity index (χ3v) is 11.5. The van der Waals surface area contributed by atoms with E-state index < -0.39 is 179 Å². The van der Waals surface area contributed by atoms with Crippen LogP contribution < -0.4 is 0 Å². The van der Waals surface area contributed by atoms with Gasteiger partial charge in [0.25, 0.3) is 0 Å². The van der Waals surface area contributed by atoms with Crippen molar-refractivity contribution in [3.8, 4) is 0 Å². The predicted molar refractivity (Wildman–Crippen MR) is 132 cm³/mol. The summed E-state index contributed by atoms with van der Waals surface area (Å²) in [5.74, 6) is -27.0. The summed E-state index contributed by atoms with van der Waals surface area (Å²) in [4.78, 5) is 0. The summed E-state index contributed by atoms with van der Waals surface area (Å²) in [6.45, 7) is 0. The second-order valence-electron chi connectivity index (χ2n) is 13.9. The van der Waals surface area contributed by atoms with Gasteiger partial charge < -0.3 is 0 Å². The molecular formula is C29H33F21. The van der Waals surface area contributed by atoms with E-state index in [1.807, 2.05) is 0 Å². The number of rotatable bonds is 3. The molecule has 0 heterocycles. The van der Waals surface area contributed by atoms with Crippen molar-refractivity contribution in [1.82, 2.24) is 0 Å². The standard InChI is InChI=1S/C29H33F21/c30-23(31,32)16-7-1-13(2-8-17(16)24(33,34)35)22(29(48,49)50,14-3-9-18(25(36,37)38)19(10-4-14)26(39,40)41)15-5-11-20(27(42,43)44)21(12-6-15)28(45,46)47/h13-21H,1-12H2. The highest BCUT2D eigenvalue weighted by Gasteiger charge is 2.69. The highest BCUT2D eigenvalue weighted by molar-refractivity contribution is 5.06. The first-order valence-corrected chi connectivity index (χ1v) is 15.7. The molecule has 0 aromatic carbocycles. The van der Waals surface area contributed by atoms with Crippen LogP contribution in [0.25, 0.3) is 0 Å². The van der Waals surface area contributed by atoms with Crippen LogP contribution in [0.1, 0.15) is 77.0 Å². The van der Waals surface area contributed by atoms with Crippen molar-refractivity contribution in [1.29, 1.82) is 0 Å². The first kappa shape index (κ1) is 42.9. The summed E-state index contributed by atoms with van der Waals surface area (Å²) >= 11 is 0. The van der Waals surface area contributed by atoms with Crippen molar-refractivity contribution in [3.63, 3.8) is 0 Å². The average molecular weight is 781 g/mol. The van der Waals surface area contributed by atoms with Crippen LogP contribution in [-0.2, 0) is 0 Å². The summed E-state index contributed by atoms with van der Waals surface area (Å²) in [7, 11) is 0. The number of halogens is 21.